The topological polar surface area (TPSA) is 61.8 Å². The summed E-state index contributed by atoms with van der Waals surface area (Å²) >= 11 is 0. The molecule has 0 aliphatic rings. The van der Waals surface area contributed by atoms with Crippen LogP contribution in [-0.2, 0) is 10.1 Å². The Labute approximate surface area is 88.7 Å². The van der Waals surface area contributed by atoms with Crippen molar-refractivity contribution in [2.24, 2.45) is 0 Å². The van der Waals surface area contributed by atoms with Crippen LogP contribution < -0.4 is 13.7 Å². The van der Waals surface area contributed by atoms with Crippen LogP contribution >= 0.6 is 0 Å². The molecule has 0 saturated heterocycles. The highest BCUT2D eigenvalue weighted by Crippen LogP contribution is 2.31. The number of hydrogen-bond donors (Lipinski definition) is 0. The van der Waals surface area contributed by atoms with Gasteiger partial charge in [-0.2, -0.15) is 8.42 Å². The van der Waals surface area contributed by atoms with E-state index < -0.39 is 10.1 Å². The van der Waals surface area contributed by atoms with Gasteiger partial charge in [0.05, 0.1) is 20.5 Å². The second-order valence-corrected chi connectivity index (χ2v) is 4.38. The average molecular weight is 232 g/mol. The molecule has 0 aliphatic heterocycles. The highest BCUT2D eigenvalue weighted by molar-refractivity contribution is 7.86. The molecule has 0 aliphatic carbocycles. The molecule has 0 N–H and O–H groups in total. The number of methoxy groups -OCH3 is 2. The zero-order valence-electron chi connectivity index (χ0n) is 8.68. The fraction of sp³-hybridized carbons (Fsp3) is 0.333. The normalized spacial score (nSPS) is 10.9. The molecule has 1 rings (SSSR count). The van der Waals surface area contributed by atoms with E-state index in [1.807, 2.05) is 0 Å². The Morgan fingerprint density at radius 2 is 1.73 bits per heavy atom. The van der Waals surface area contributed by atoms with Crippen molar-refractivity contribution in [3.05, 3.63) is 18.2 Å². The molecule has 0 atom stereocenters. The minimum atomic E-state index is -3.55. The van der Waals surface area contributed by atoms with Gasteiger partial charge in [-0.15, -0.1) is 0 Å². The van der Waals surface area contributed by atoms with Crippen LogP contribution in [0.15, 0.2) is 18.2 Å². The van der Waals surface area contributed by atoms with Crippen molar-refractivity contribution in [2.45, 2.75) is 0 Å². The SMILES string of the molecule is COc1ccc(OS(C)(=O)=O)c(OC)c1. The quantitative estimate of drug-likeness (QED) is 0.726. The first-order chi connectivity index (χ1) is 6.96. The van der Waals surface area contributed by atoms with Gasteiger partial charge in [0.2, 0.25) is 0 Å². The third kappa shape index (κ3) is 3.32. The largest absolute Gasteiger partial charge is 0.497 e. The Kier molecular flexibility index (Phi) is 3.41. The van der Waals surface area contributed by atoms with E-state index in [4.69, 9.17) is 13.7 Å². The van der Waals surface area contributed by atoms with Gasteiger partial charge in [-0.25, -0.2) is 0 Å². The Morgan fingerprint density at radius 3 is 2.20 bits per heavy atom. The number of ether oxygens (including phenoxy) is 2. The Bertz CT molecular complexity index is 438. The molecule has 0 bridgehead atoms. The van der Waals surface area contributed by atoms with E-state index >= 15 is 0 Å². The van der Waals surface area contributed by atoms with E-state index in [9.17, 15) is 8.42 Å². The molecule has 1 aromatic rings. The first kappa shape index (κ1) is 11.6. The summed E-state index contributed by atoms with van der Waals surface area (Å²) in [7, 11) is -0.624. The number of benzene rings is 1. The standard InChI is InChI=1S/C9H12O5S/c1-12-7-4-5-8(9(6-7)13-2)14-15(3,10)11/h4-6H,1-3H3. The van der Waals surface area contributed by atoms with Crippen molar-refractivity contribution in [2.75, 3.05) is 20.5 Å². The van der Waals surface area contributed by atoms with E-state index in [2.05, 4.69) is 0 Å². The van der Waals surface area contributed by atoms with E-state index in [0.717, 1.165) is 6.26 Å². The summed E-state index contributed by atoms with van der Waals surface area (Å²) < 4.78 is 36.5. The summed E-state index contributed by atoms with van der Waals surface area (Å²) in [5, 5.41) is 0. The molecule has 0 unspecified atom stereocenters. The lowest BCUT2D eigenvalue weighted by molar-refractivity contribution is 0.379. The maximum atomic E-state index is 10.9. The van der Waals surface area contributed by atoms with Crippen LogP contribution in [0.2, 0.25) is 0 Å². The van der Waals surface area contributed by atoms with Crippen molar-refractivity contribution in [3.63, 3.8) is 0 Å². The molecule has 0 radical (unpaired) electrons. The maximum Gasteiger partial charge on any atom is 0.306 e. The molecule has 0 amide bonds. The Morgan fingerprint density at radius 1 is 1.07 bits per heavy atom. The molecule has 0 aromatic heterocycles. The van der Waals surface area contributed by atoms with Crippen LogP contribution in [0.1, 0.15) is 0 Å². The van der Waals surface area contributed by atoms with Gasteiger partial charge < -0.3 is 13.7 Å². The highest BCUT2D eigenvalue weighted by Gasteiger charge is 2.11. The lowest BCUT2D eigenvalue weighted by atomic mass is 10.3. The van der Waals surface area contributed by atoms with Crippen LogP contribution in [0.3, 0.4) is 0 Å². The third-order valence-corrected chi connectivity index (χ3v) is 2.09. The van der Waals surface area contributed by atoms with Crippen LogP contribution in [0.4, 0.5) is 0 Å². The predicted octanol–water partition coefficient (Wildman–Crippen LogP) is 1.04. The lowest BCUT2D eigenvalue weighted by Crippen LogP contribution is -2.06. The summed E-state index contributed by atoms with van der Waals surface area (Å²) in [6, 6.07) is 4.60. The summed E-state index contributed by atoms with van der Waals surface area (Å²) in [5.74, 6) is 1.01. The zero-order chi connectivity index (χ0) is 11.5. The van der Waals surface area contributed by atoms with E-state index in [0.29, 0.717) is 11.5 Å². The zero-order valence-corrected chi connectivity index (χ0v) is 9.50. The van der Waals surface area contributed by atoms with Crippen LogP contribution in [0, 0.1) is 0 Å². The molecule has 5 nitrogen and oxygen atoms in total. The fourth-order valence-electron chi connectivity index (χ4n) is 1.01. The molecule has 0 saturated carbocycles. The first-order valence-corrected chi connectivity index (χ1v) is 5.89. The monoisotopic (exact) mass is 232 g/mol. The summed E-state index contributed by atoms with van der Waals surface area (Å²) in [4.78, 5) is 0. The van der Waals surface area contributed by atoms with E-state index in [1.54, 1.807) is 12.1 Å². The van der Waals surface area contributed by atoms with Crippen molar-refractivity contribution in [1.82, 2.24) is 0 Å². The molecule has 0 fully saturated rings. The van der Waals surface area contributed by atoms with Gasteiger partial charge in [0.25, 0.3) is 0 Å². The Balaban J connectivity index is 3.08. The molecule has 1 aromatic carbocycles. The maximum absolute atomic E-state index is 10.9. The first-order valence-electron chi connectivity index (χ1n) is 4.08. The molecule has 0 heterocycles. The van der Waals surface area contributed by atoms with Gasteiger partial charge >= 0.3 is 10.1 Å². The number of hydrogen-bond acceptors (Lipinski definition) is 5. The molecular formula is C9H12O5S. The highest BCUT2D eigenvalue weighted by atomic mass is 32.2. The van der Waals surface area contributed by atoms with Gasteiger partial charge in [-0.05, 0) is 12.1 Å². The van der Waals surface area contributed by atoms with Gasteiger partial charge in [-0.1, -0.05) is 0 Å². The molecule has 15 heavy (non-hydrogen) atoms. The van der Waals surface area contributed by atoms with Gasteiger partial charge in [0, 0.05) is 6.07 Å². The second-order valence-electron chi connectivity index (χ2n) is 2.80. The van der Waals surface area contributed by atoms with E-state index in [1.165, 1.54) is 20.3 Å². The predicted molar refractivity (Wildman–Crippen MR) is 55.0 cm³/mol. The Hall–Kier alpha value is -1.43. The molecular weight excluding hydrogens is 220 g/mol. The summed E-state index contributed by atoms with van der Waals surface area (Å²) in [6.45, 7) is 0. The molecule has 0 spiro atoms. The van der Waals surface area contributed by atoms with Crippen LogP contribution in [-0.4, -0.2) is 28.9 Å². The van der Waals surface area contributed by atoms with Gasteiger partial charge in [-0.3, -0.25) is 0 Å². The van der Waals surface area contributed by atoms with Crippen molar-refractivity contribution in [3.8, 4) is 17.2 Å². The smallest absolute Gasteiger partial charge is 0.306 e. The summed E-state index contributed by atoms with van der Waals surface area (Å²) in [6.07, 6.45) is 0.969. The summed E-state index contributed by atoms with van der Waals surface area (Å²) in [5.41, 5.74) is 0. The van der Waals surface area contributed by atoms with Crippen molar-refractivity contribution >= 4 is 10.1 Å². The van der Waals surface area contributed by atoms with Crippen LogP contribution in [0.25, 0.3) is 0 Å². The van der Waals surface area contributed by atoms with Gasteiger partial charge in [0.15, 0.2) is 11.5 Å². The molecule has 84 valence electrons. The van der Waals surface area contributed by atoms with Crippen molar-refractivity contribution in [1.29, 1.82) is 0 Å². The van der Waals surface area contributed by atoms with Crippen LogP contribution in [0.5, 0.6) is 17.2 Å². The third-order valence-electron chi connectivity index (χ3n) is 1.61. The second kappa shape index (κ2) is 4.39. The minimum Gasteiger partial charge on any atom is -0.497 e. The van der Waals surface area contributed by atoms with Crippen molar-refractivity contribution < 1.29 is 22.1 Å². The van der Waals surface area contributed by atoms with Gasteiger partial charge in [0.1, 0.15) is 5.75 Å². The number of rotatable bonds is 4. The minimum absolute atomic E-state index is 0.140. The lowest BCUT2D eigenvalue weighted by Gasteiger charge is -2.09. The van der Waals surface area contributed by atoms with E-state index in [-0.39, 0.29) is 5.75 Å². The fourth-order valence-corrected chi connectivity index (χ4v) is 1.47. The average Bonchev–Trinajstić information content (AvgIpc) is 2.16. The molecule has 6 heteroatoms.